The Kier molecular flexibility index (Phi) is 6.46. The Morgan fingerprint density at radius 2 is 2.04 bits per heavy atom. The van der Waals surface area contributed by atoms with Gasteiger partial charge < -0.3 is 14.8 Å². The van der Waals surface area contributed by atoms with Gasteiger partial charge in [0.15, 0.2) is 5.78 Å². The highest BCUT2D eigenvalue weighted by molar-refractivity contribution is 9.09. The van der Waals surface area contributed by atoms with Gasteiger partial charge in [-0.25, -0.2) is 9.59 Å². The van der Waals surface area contributed by atoms with E-state index in [0.29, 0.717) is 12.8 Å². The van der Waals surface area contributed by atoms with E-state index in [0.717, 1.165) is 0 Å². The number of halogens is 1. The Morgan fingerprint density at radius 3 is 2.59 bits per heavy atom. The second-order valence-corrected chi connectivity index (χ2v) is 7.77. The average Bonchev–Trinajstić information content (AvgIpc) is 2.60. The van der Waals surface area contributed by atoms with Crippen molar-refractivity contribution in [3.8, 4) is 0 Å². The molecule has 1 saturated heterocycles. The molecule has 2 rings (SSSR count). The van der Waals surface area contributed by atoms with Gasteiger partial charge >= 0.3 is 12.1 Å². The molecule has 2 amide bonds. The lowest BCUT2D eigenvalue weighted by Gasteiger charge is -2.50. The Balaban J connectivity index is 2.22. The van der Waals surface area contributed by atoms with Crippen LogP contribution in [0.2, 0.25) is 0 Å². The van der Waals surface area contributed by atoms with Crippen molar-refractivity contribution >= 4 is 39.7 Å². The van der Waals surface area contributed by atoms with Crippen molar-refractivity contribution in [2.75, 3.05) is 11.9 Å². The zero-order valence-electron chi connectivity index (χ0n) is 15.5. The summed E-state index contributed by atoms with van der Waals surface area (Å²) in [6, 6.07) is -1.23. The molecular weight excluding hydrogens is 420 g/mol. The first kappa shape index (κ1) is 21.1. The molecule has 2 aliphatic heterocycles. The third kappa shape index (κ3) is 4.58. The molecule has 2 heterocycles. The van der Waals surface area contributed by atoms with Crippen molar-refractivity contribution in [3.05, 3.63) is 23.9 Å². The highest BCUT2D eigenvalue weighted by Gasteiger charge is 2.54. The van der Waals surface area contributed by atoms with Gasteiger partial charge in [0.25, 0.3) is 5.91 Å². The molecular formula is C18H23BrN2O6. The van der Waals surface area contributed by atoms with Crippen LogP contribution >= 0.6 is 15.9 Å². The number of alkyl carbamates (subject to hydrolysis) is 1. The predicted octanol–water partition coefficient (Wildman–Crippen LogP) is 1.83. The molecule has 0 aromatic carbocycles. The van der Waals surface area contributed by atoms with Crippen LogP contribution in [0.5, 0.6) is 0 Å². The highest BCUT2D eigenvalue weighted by Crippen LogP contribution is 2.37. The first-order valence-electron chi connectivity index (χ1n) is 8.53. The van der Waals surface area contributed by atoms with E-state index >= 15 is 0 Å². The van der Waals surface area contributed by atoms with Gasteiger partial charge in [0.05, 0.1) is 11.4 Å². The molecule has 2 aliphatic rings. The number of amides is 2. The minimum absolute atomic E-state index is 0.0346. The number of hydrogen-bond donors (Lipinski definition) is 1. The van der Waals surface area contributed by atoms with Crippen LogP contribution in [0.25, 0.3) is 0 Å². The van der Waals surface area contributed by atoms with E-state index in [1.807, 2.05) is 0 Å². The summed E-state index contributed by atoms with van der Waals surface area (Å²) in [5, 5.41) is 2.58. The first-order chi connectivity index (χ1) is 12.6. The van der Waals surface area contributed by atoms with E-state index in [1.165, 1.54) is 11.0 Å². The van der Waals surface area contributed by atoms with E-state index in [1.54, 1.807) is 20.8 Å². The molecule has 8 nitrogen and oxygen atoms in total. The molecule has 0 unspecified atom stereocenters. The van der Waals surface area contributed by atoms with Crippen molar-refractivity contribution in [2.24, 2.45) is 0 Å². The number of β-lactam (4-membered cyclic amide) rings is 1. The minimum Gasteiger partial charge on any atom is -0.457 e. The summed E-state index contributed by atoms with van der Waals surface area (Å²) in [5.41, 5.74) is -0.496. The van der Waals surface area contributed by atoms with Crippen LogP contribution in [0.4, 0.5) is 4.79 Å². The number of fused-ring (bicyclic) bond motifs is 1. The Hall–Kier alpha value is -2.16. The summed E-state index contributed by atoms with van der Waals surface area (Å²) < 4.78 is 10.2. The van der Waals surface area contributed by atoms with Gasteiger partial charge in [-0.15, -0.1) is 0 Å². The van der Waals surface area contributed by atoms with Crippen molar-refractivity contribution in [3.63, 3.8) is 0 Å². The molecule has 1 fully saturated rings. The molecule has 0 aliphatic carbocycles. The number of esters is 1. The third-order valence-corrected chi connectivity index (χ3v) is 4.60. The Labute approximate surface area is 166 Å². The number of nitrogens with one attached hydrogen (secondary N) is 1. The summed E-state index contributed by atoms with van der Waals surface area (Å²) >= 11 is 3.09. The van der Waals surface area contributed by atoms with Crippen molar-refractivity contribution in [2.45, 2.75) is 51.3 Å². The molecule has 0 spiro atoms. The number of carbonyl (C=O) groups excluding carboxylic acids is 4. The number of ether oxygens (including phenoxy) is 2. The number of allylic oxidation sites excluding steroid dienone is 1. The number of hydrogen-bond acceptors (Lipinski definition) is 6. The molecule has 148 valence electrons. The highest BCUT2D eigenvalue weighted by atomic mass is 79.9. The topological polar surface area (TPSA) is 102 Å². The minimum atomic E-state index is -0.803. The van der Waals surface area contributed by atoms with Crippen molar-refractivity contribution in [1.82, 2.24) is 10.2 Å². The van der Waals surface area contributed by atoms with E-state index in [-0.39, 0.29) is 29.0 Å². The average molecular weight is 443 g/mol. The lowest BCUT2D eigenvalue weighted by Crippen LogP contribution is -2.72. The lowest BCUT2D eigenvalue weighted by atomic mass is 9.82. The normalized spacial score (nSPS) is 21.8. The summed E-state index contributed by atoms with van der Waals surface area (Å²) in [6.45, 7) is 8.59. The fourth-order valence-electron chi connectivity index (χ4n) is 3.04. The zero-order valence-corrected chi connectivity index (χ0v) is 17.1. The third-order valence-electron chi connectivity index (χ3n) is 4.09. The van der Waals surface area contributed by atoms with Gasteiger partial charge in [-0.1, -0.05) is 28.6 Å². The number of carbonyl (C=O) groups is 4. The van der Waals surface area contributed by atoms with E-state index in [2.05, 4.69) is 27.8 Å². The summed E-state index contributed by atoms with van der Waals surface area (Å²) in [5.74, 6) is -1.51. The van der Waals surface area contributed by atoms with Gasteiger partial charge in [-0.3, -0.25) is 14.5 Å². The molecule has 1 N–H and O–H groups in total. The van der Waals surface area contributed by atoms with Crippen molar-refractivity contribution in [1.29, 1.82) is 0 Å². The Bertz CT molecular complexity index is 709. The molecule has 2 atom stereocenters. The summed E-state index contributed by atoms with van der Waals surface area (Å²) in [4.78, 5) is 50.5. The van der Waals surface area contributed by atoms with Crippen molar-refractivity contribution < 1.29 is 28.7 Å². The van der Waals surface area contributed by atoms with E-state index in [9.17, 15) is 19.2 Å². The second-order valence-electron chi connectivity index (χ2n) is 7.21. The standard InChI is InChI=1S/C18H23BrN2O6/c1-5-8-26-16(24)14-10(12(22)9-19)6-7-11-13(15(23)21(11)14)20-17(25)27-18(2,3)4/h5,11,13H,1,6-9H2,2-4H3,(H,20,25)/t11-,13+/m1/s1. The predicted molar refractivity (Wildman–Crippen MR) is 100 cm³/mol. The number of rotatable bonds is 6. The largest absolute Gasteiger partial charge is 0.457 e. The van der Waals surface area contributed by atoms with E-state index < -0.39 is 35.7 Å². The molecule has 0 bridgehead atoms. The van der Waals surface area contributed by atoms with Gasteiger partial charge in [-0.2, -0.15) is 0 Å². The first-order valence-corrected chi connectivity index (χ1v) is 9.65. The quantitative estimate of drug-likeness (QED) is 0.291. The lowest BCUT2D eigenvalue weighted by molar-refractivity contribution is -0.156. The van der Waals surface area contributed by atoms with Crippen LogP contribution in [0.15, 0.2) is 23.9 Å². The molecule has 0 radical (unpaired) electrons. The maximum atomic E-state index is 12.6. The maximum absolute atomic E-state index is 12.6. The number of Topliss-reactive ketones (excluding diaryl/α,β-unsaturated/α-hetero) is 1. The molecule has 0 saturated carbocycles. The second kappa shape index (κ2) is 8.24. The van der Waals surface area contributed by atoms with Gasteiger partial charge in [0, 0.05) is 5.57 Å². The fraction of sp³-hybridized carbons (Fsp3) is 0.556. The van der Waals surface area contributed by atoms with Crippen LogP contribution in [0.1, 0.15) is 33.6 Å². The van der Waals surface area contributed by atoms with Gasteiger partial charge in [0.2, 0.25) is 0 Å². The fourth-order valence-corrected chi connectivity index (χ4v) is 3.38. The molecule has 9 heteroatoms. The van der Waals surface area contributed by atoms with Crippen LogP contribution in [0.3, 0.4) is 0 Å². The number of alkyl halides is 1. The SMILES string of the molecule is C=CCOC(=O)C1=C(C(=O)CBr)CC[C@@H]2[C@H](NC(=O)OC(C)(C)C)C(=O)N12. The van der Waals surface area contributed by atoms with Crippen LogP contribution in [-0.2, 0) is 23.9 Å². The molecule has 0 aromatic heterocycles. The number of ketones is 1. The van der Waals surface area contributed by atoms with Crippen LogP contribution < -0.4 is 5.32 Å². The molecule has 27 heavy (non-hydrogen) atoms. The number of nitrogens with zero attached hydrogens (tertiary/aromatic N) is 1. The summed E-state index contributed by atoms with van der Waals surface area (Å²) in [6.07, 6.45) is 1.44. The summed E-state index contributed by atoms with van der Waals surface area (Å²) in [7, 11) is 0. The van der Waals surface area contributed by atoms with Crippen LogP contribution in [0, 0.1) is 0 Å². The maximum Gasteiger partial charge on any atom is 0.408 e. The van der Waals surface area contributed by atoms with Crippen LogP contribution in [-0.4, -0.2) is 58.3 Å². The van der Waals surface area contributed by atoms with Gasteiger partial charge in [-0.05, 0) is 33.6 Å². The van der Waals surface area contributed by atoms with E-state index in [4.69, 9.17) is 9.47 Å². The molecule has 0 aromatic rings. The monoisotopic (exact) mass is 442 g/mol. The Morgan fingerprint density at radius 1 is 1.37 bits per heavy atom. The van der Waals surface area contributed by atoms with Gasteiger partial charge in [0.1, 0.15) is 23.9 Å². The zero-order chi connectivity index (χ0) is 20.4. The smallest absolute Gasteiger partial charge is 0.408 e.